The standard InChI is InChI=1S/C14H12ClN3O5/c15-23-13-7-9(5-6-12(13)19)8-16-14(20)17-10-3-1-2-4-11(10)18(21)22/h1-7,19H,8H2,(H2,16,17,20). The van der Waals surface area contributed by atoms with E-state index < -0.39 is 11.0 Å². The number of halogens is 1. The van der Waals surface area contributed by atoms with Gasteiger partial charge in [0.1, 0.15) is 17.6 Å². The molecule has 0 atom stereocenters. The number of nitrogens with one attached hydrogen (secondary N) is 2. The van der Waals surface area contributed by atoms with Gasteiger partial charge in [0.15, 0.2) is 11.5 Å². The largest absolute Gasteiger partial charge is 0.504 e. The maximum atomic E-state index is 11.8. The minimum Gasteiger partial charge on any atom is -0.504 e. The first-order chi connectivity index (χ1) is 11.0. The molecule has 2 amide bonds. The Hall–Kier alpha value is -3.00. The maximum absolute atomic E-state index is 11.8. The van der Waals surface area contributed by atoms with Crippen LogP contribution >= 0.6 is 11.9 Å². The zero-order valence-electron chi connectivity index (χ0n) is 11.7. The van der Waals surface area contributed by atoms with Gasteiger partial charge in [0.25, 0.3) is 5.69 Å². The lowest BCUT2D eigenvalue weighted by molar-refractivity contribution is -0.383. The first-order valence-corrected chi connectivity index (χ1v) is 6.71. The summed E-state index contributed by atoms with van der Waals surface area (Å²) in [6, 6.07) is 9.58. The van der Waals surface area contributed by atoms with Crippen molar-refractivity contribution in [3.05, 3.63) is 58.1 Å². The molecule has 0 spiro atoms. The number of anilines is 1. The number of hydrogen-bond donors (Lipinski definition) is 3. The molecule has 2 rings (SSSR count). The molecule has 0 aliphatic carbocycles. The Morgan fingerprint density at radius 3 is 2.74 bits per heavy atom. The van der Waals surface area contributed by atoms with Crippen LogP contribution in [0.1, 0.15) is 5.56 Å². The van der Waals surface area contributed by atoms with Crippen molar-refractivity contribution in [3.8, 4) is 11.5 Å². The van der Waals surface area contributed by atoms with Crippen LogP contribution in [0.15, 0.2) is 42.5 Å². The molecule has 0 radical (unpaired) electrons. The number of urea groups is 1. The lowest BCUT2D eigenvalue weighted by Gasteiger charge is -2.09. The second kappa shape index (κ2) is 7.32. The number of amides is 2. The number of para-hydroxylation sites is 2. The number of phenols is 1. The van der Waals surface area contributed by atoms with E-state index in [0.29, 0.717) is 5.56 Å². The number of nitrogens with zero attached hydrogens (tertiary/aromatic N) is 1. The third kappa shape index (κ3) is 4.24. The molecule has 0 aliphatic heterocycles. The van der Waals surface area contributed by atoms with E-state index >= 15 is 0 Å². The minimum absolute atomic E-state index is 0.0603. The first kappa shape index (κ1) is 16.4. The highest BCUT2D eigenvalue weighted by Gasteiger charge is 2.14. The zero-order chi connectivity index (χ0) is 16.8. The molecule has 0 aromatic heterocycles. The lowest BCUT2D eigenvalue weighted by Crippen LogP contribution is -2.28. The molecular formula is C14H12ClN3O5. The van der Waals surface area contributed by atoms with Crippen molar-refractivity contribution in [1.82, 2.24) is 5.32 Å². The topological polar surface area (TPSA) is 114 Å². The molecule has 0 heterocycles. The van der Waals surface area contributed by atoms with E-state index in [2.05, 4.69) is 14.9 Å². The highest BCUT2D eigenvalue weighted by Crippen LogP contribution is 2.27. The predicted molar refractivity (Wildman–Crippen MR) is 83.5 cm³/mol. The van der Waals surface area contributed by atoms with Gasteiger partial charge in [0.05, 0.1) is 4.92 Å². The third-order valence-corrected chi connectivity index (χ3v) is 3.08. The van der Waals surface area contributed by atoms with Gasteiger partial charge in [-0.3, -0.25) is 10.1 Å². The van der Waals surface area contributed by atoms with E-state index in [0.717, 1.165) is 0 Å². The van der Waals surface area contributed by atoms with E-state index in [1.54, 1.807) is 12.1 Å². The molecule has 3 N–H and O–H groups in total. The maximum Gasteiger partial charge on any atom is 0.319 e. The normalized spacial score (nSPS) is 9.96. The Kier molecular flexibility index (Phi) is 5.21. The van der Waals surface area contributed by atoms with Crippen molar-refractivity contribution in [1.29, 1.82) is 0 Å². The summed E-state index contributed by atoms with van der Waals surface area (Å²) in [5.41, 5.74) is 0.506. The second-order valence-electron chi connectivity index (χ2n) is 4.46. The van der Waals surface area contributed by atoms with E-state index in [9.17, 15) is 20.0 Å². The molecule has 0 saturated carbocycles. The fraction of sp³-hybridized carbons (Fsp3) is 0.0714. The molecule has 120 valence electrons. The molecule has 8 nitrogen and oxygen atoms in total. The summed E-state index contributed by atoms with van der Waals surface area (Å²) < 4.78 is 4.45. The van der Waals surface area contributed by atoms with Crippen LogP contribution in [0.25, 0.3) is 0 Å². The van der Waals surface area contributed by atoms with Crippen molar-refractivity contribution in [2.24, 2.45) is 0 Å². The molecule has 0 saturated heterocycles. The first-order valence-electron chi connectivity index (χ1n) is 6.40. The molecule has 0 unspecified atom stereocenters. The summed E-state index contributed by atoms with van der Waals surface area (Å²) in [4.78, 5) is 22.1. The molecule has 9 heteroatoms. The summed E-state index contributed by atoms with van der Waals surface area (Å²) >= 11 is 5.20. The zero-order valence-corrected chi connectivity index (χ0v) is 12.4. The smallest absolute Gasteiger partial charge is 0.319 e. The fourth-order valence-electron chi connectivity index (χ4n) is 1.82. The van der Waals surface area contributed by atoms with Gasteiger partial charge in [-0.15, -0.1) is 0 Å². The Morgan fingerprint density at radius 1 is 1.30 bits per heavy atom. The molecule has 0 aliphatic rings. The van der Waals surface area contributed by atoms with Crippen molar-refractivity contribution >= 4 is 29.3 Å². The monoisotopic (exact) mass is 337 g/mol. The summed E-state index contributed by atoms with van der Waals surface area (Å²) in [6.07, 6.45) is 0. The van der Waals surface area contributed by atoms with Crippen molar-refractivity contribution < 1.29 is 19.1 Å². The van der Waals surface area contributed by atoms with Crippen molar-refractivity contribution in [3.63, 3.8) is 0 Å². The van der Waals surface area contributed by atoms with Gasteiger partial charge in [-0.1, -0.05) is 18.2 Å². The number of hydrogen-bond acceptors (Lipinski definition) is 5. The van der Waals surface area contributed by atoms with E-state index in [1.165, 1.54) is 30.3 Å². The Balaban J connectivity index is 2.00. The molecular weight excluding hydrogens is 326 g/mol. The van der Waals surface area contributed by atoms with Crippen molar-refractivity contribution in [2.45, 2.75) is 6.54 Å². The summed E-state index contributed by atoms with van der Waals surface area (Å²) in [7, 11) is 0. The minimum atomic E-state index is -0.610. The average molecular weight is 338 g/mol. The number of benzene rings is 2. The Labute approximate surface area is 136 Å². The van der Waals surface area contributed by atoms with Gasteiger partial charge in [-0.05, 0) is 23.8 Å². The van der Waals surface area contributed by atoms with Gasteiger partial charge in [0.2, 0.25) is 0 Å². The van der Waals surface area contributed by atoms with Gasteiger partial charge in [-0.25, -0.2) is 4.79 Å². The van der Waals surface area contributed by atoms with Gasteiger partial charge >= 0.3 is 6.03 Å². The van der Waals surface area contributed by atoms with Crippen LogP contribution in [0.2, 0.25) is 0 Å². The van der Waals surface area contributed by atoms with Crippen LogP contribution in [0, 0.1) is 10.1 Å². The number of carbonyl (C=O) groups excluding carboxylic acids is 1. The van der Waals surface area contributed by atoms with E-state index in [1.807, 2.05) is 0 Å². The summed E-state index contributed by atoms with van der Waals surface area (Å²) in [6.45, 7) is 0.111. The lowest BCUT2D eigenvalue weighted by atomic mass is 10.2. The molecule has 2 aromatic rings. The van der Waals surface area contributed by atoms with Crippen LogP contribution in [0.3, 0.4) is 0 Å². The Morgan fingerprint density at radius 2 is 2.04 bits per heavy atom. The van der Waals surface area contributed by atoms with Gasteiger partial charge in [0, 0.05) is 12.6 Å². The molecule has 0 fully saturated rings. The van der Waals surface area contributed by atoms with Crippen LogP contribution in [-0.4, -0.2) is 16.1 Å². The van der Waals surface area contributed by atoms with E-state index in [-0.39, 0.29) is 29.4 Å². The Bertz CT molecular complexity index is 738. The van der Waals surface area contributed by atoms with Crippen LogP contribution < -0.4 is 14.9 Å². The summed E-state index contributed by atoms with van der Waals surface area (Å²) in [5, 5.41) is 25.2. The van der Waals surface area contributed by atoms with Crippen LogP contribution in [0.4, 0.5) is 16.2 Å². The number of nitro groups is 1. The highest BCUT2D eigenvalue weighted by molar-refractivity contribution is 6.09. The molecule has 2 aromatic carbocycles. The fourth-order valence-corrected chi connectivity index (χ4v) is 1.94. The molecule has 23 heavy (non-hydrogen) atoms. The quantitative estimate of drug-likeness (QED) is 0.572. The number of aromatic hydroxyl groups is 1. The SMILES string of the molecule is O=C(NCc1ccc(O)c(OCl)c1)Nc1ccccc1[N+](=O)[O-]. The highest BCUT2D eigenvalue weighted by atomic mass is 35.5. The van der Waals surface area contributed by atoms with Crippen LogP contribution in [-0.2, 0) is 6.54 Å². The number of nitro benzene ring substituents is 1. The summed E-state index contributed by atoms with van der Waals surface area (Å²) in [5.74, 6) is -0.0711. The second-order valence-corrected chi connectivity index (χ2v) is 4.62. The average Bonchev–Trinajstić information content (AvgIpc) is 2.54. The van der Waals surface area contributed by atoms with Gasteiger partial charge < -0.3 is 20.0 Å². The third-order valence-electron chi connectivity index (χ3n) is 2.91. The van der Waals surface area contributed by atoms with Crippen LogP contribution in [0.5, 0.6) is 11.5 Å². The number of carbonyl (C=O) groups is 1. The number of rotatable bonds is 5. The van der Waals surface area contributed by atoms with Gasteiger partial charge in [-0.2, -0.15) is 0 Å². The van der Waals surface area contributed by atoms with Crippen molar-refractivity contribution in [2.75, 3.05) is 5.32 Å². The van der Waals surface area contributed by atoms with E-state index in [4.69, 9.17) is 11.9 Å². The molecule has 0 bridgehead atoms. The predicted octanol–water partition coefficient (Wildman–Crippen LogP) is 3.15. The number of phenolic OH excluding ortho intramolecular Hbond substituents is 1.